The number of carbonyl (C=O) groups is 2. The molecule has 1 fully saturated rings. The van der Waals surface area contributed by atoms with E-state index in [2.05, 4.69) is 10.1 Å². The zero-order valence-corrected chi connectivity index (χ0v) is 15.1. The highest BCUT2D eigenvalue weighted by Crippen LogP contribution is 2.30. The number of amides is 2. The van der Waals surface area contributed by atoms with E-state index in [4.69, 9.17) is 0 Å². The molecule has 5 nitrogen and oxygen atoms in total. The highest BCUT2D eigenvalue weighted by Gasteiger charge is 2.35. The zero-order valence-electron chi connectivity index (χ0n) is 15.1. The van der Waals surface area contributed by atoms with E-state index in [1.807, 2.05) is 0 Å². The summed E-state index contributed by atoms with van der Waals surface area (Å²) >= 11 is 0. The molecule has 3 rings (SSSR count). The molecule has 0 aromatic heterocycles. The zero-order chi connectivity index (χ0) is 22.1. The summed E-state index contributed by atoms with van der Waals surface area (Å²) in [6, 6.07) is 7.37. The minimum Gasteiger partial charge on any atom is -0.406 e. The fraction of sp³-hybridized carbons (Fsp3) is 0.263. The van der Waals surface area contributed by atoms with Gasteiger partial charge in [-0.25, -0.2) is 0 Å². The van der Waals surface area contributed by atoms with Crippen LogP contribution in [0, 0.1) is 0 Å². The smallest absolute Gasteiger partial charge is 0.406 e. The summed E-state index contributed by atoms with van der Waals surface area (Å²) in [4.78, 5) is 26.0. The highest BCUT2D eigenvalue weighted by atomic mass is 19.4. The van der Waals surface area contributed by atoms with Gasteiger partial charge in [-0.1, -0.05) is 6.07 Å². The van der Waals surface area contributed by atoms with E-state index in [0.717, 1.165) is 36.4 Å². The van der Waals surface area contributed by atoms with Gasteiger partial charge in [-0.3, -0.25) is 9.59 Å². The number of nitrogens with zero attached hydrogens (tertiary/aromatic N) is 1. The molecule has 30 heavy (non-hydrogen) atoms. The van der Waals surface area contributed by atoms with Crippen LogP contribution in [0.3, 0.4) is 0 Å². The number of hydrogen-bond acceptors (Lipinski definition) is 3. The molecule has 1 aliphatic rings. The van der Waals surface area contributed by atoms with Gasteiger partial charge in [-0.05, 0) is 42.8 Å². The van der Waals surface area contributed by atoms with Crippen molar-refractivity contribution in [2.75, 3.05) is 11.4 Å². The first-order chi connectivity index (χ1) is 13.9. The molecule has 160 valence electrons. The van der Waals surface area contributed by atoms with Crippen molar-refractivity contribution in [1.29, 1.82) is 0 Å². The average Bonchev–Trinajstić information content (AvgIpc) is 3.00. The van der Waals surface area contributed by atoms with Crippen molar-refractivity contribution < 1.29 is 40.7 Å². The fourth-order valence-electron chi connectivity index (χ4n) is 2.97. The summed E-state index contributed by atoms with van der Waals surface area (Å²) in [5, 5.41) is 2.43. The first-order valence-electron chi connectivity index (χ1n) is 8.59. The third-order valence-corrected chi connectivity index (χ3v) is 4.35. The third kappa shape index (κ3) is 5.02. The summed E-state index contributed by atoms with van der Waals surface area (Å²) in [6.07, 6.45) is -9.25. The Morgan fingerprint density at radius 3 is 2.30 bits per heavy atom. The average molecular weight is 432 g/mol. The molecule has 1 atom stereocenters. The SMILES string of the molecule is O=C(NC1CCN(c2cccc(OC(F)(F)F)c2)C1=O)c1ccc(C(F)(F)F)cc1. The number of hydrogen-bond donors (Lipinski definition) is 1. The summed E-state index contributed by atoms with van der Waals surface area (Å²) in [7, 11) is 0. The molecule has 0 radical (unpaired) electrons. The van der Waals surface area contributed by atoms with Crippen LogP contribution < -0.4 is 15.0 Å². The molecule has 0 saturated carbocycles. The Balaban J connectivity index is 1.67. The minimum absolute atomic E-state index is 0.0603. The highest BCUT2D eigenvalue weighted by molar-refractivity contribution is 6.04. The predicted molar refractivity (Wildman–Crippen MR) is 92.8 cm³/mol. The summed E-state index contributed by atoms with van der Waals surface area (Å²) in [6.45, 7) is 0.131. The van der Waals surface area contributed by atoms with Gasteiger partial charge in [0.25, 0.3) is 5.91 Å². The maximum Gasteiger partial charge on any atom is 0.573 e. The largest absolute Gasteiger partial charge is 0.573 e. The molecule has 11 heteroatoms. The molecule has 2 aromatic rings. The lowest BCUT2D eigenvalue weighted by atomic mass is 10.1. The Bertz CT molecular complexity index is 941. The van der Waals surface area contributed by atoms with E-state index < -0.39 is 41.7 Å². The van der Waals surface area contributed by atoms with E-state index in [1.165, 1.54) is 17.0 Å². The van der Waals surface area contributed by atoms with Gasteiger partial charge < -0.3 is 15.0 Å². The molecule has 1 aliphatic heterocycles. The number of alkyl halides is 6. The number of carbonyl (C=O) groups excluding carboxylic acids is 2. The van der Waals surface area contributed by atoms with Crippen LogP contribution >= 0.6 is 0 Å². The van der Waals surface area contributed by atoms with Crippen LogP contribution in [0.15, 0.2) is 48.5 Å². The summed E-state index contributed by atoms with van der Waals surface area (Å²) in [5.41, 5.74) is -0.814. The lowest BCUT2D eigenvalue weighted by Crippen LogP contribution is -2.41. The molecule has 0 spiro atoms. The van der Waals surface area contributed by atoms with Crippen LogP contribution in [0.4, 0.5) is 32.0 Å². The summed E-state index contributed by atoms with van der Waals surface area (Å²) in [5.74, 6) is -1.79. The molecule has 1 N–H and O–H groups in total. The van der Waals surface area contributed by atoms with Crippen molar-refractivity contribution in [1.82, 2.24) is 5.32 Å². The molecule has 2 amide bonds. The lowest BCUT2D eigenvalue weighted by Gasteiger charge is -2.18. The van der Waals surface area contributed by atoms with Gasteiger partial charge in [-0.15, -0.1) is 13.2 Å². The molecule has 2 aromatic carbocycles. The second kappa shape index (κ2) is 7.88. The van der Waals surface area contributed by atoms with Crippen LogP contribution in [0.1, 0.15) is 22.3 Å². The Morgan fingerprint density at radius 2 is 1.70 bits per heavy atom. The lowest BCUT2D eigenvalue weighted by molar-refractivity contribution is -0.274. The number of nitrogens with one attached hydrogen (secondary N) is 1. The summed E-state index contributed by atoms with van der Waals surface area (Å²) < 4.78 is 78.7. The molecule has 0 bridgehead atoms. The molecule has 0 aliphatic carbocycles. The molecular weight excluding hydrogens is 418 g/mol. The predicted octanol–water partition coefficient (Wildman–Crippen LogP) is 4.14. The number of benzene rings is 2. The van der Waals surface area contributed by atoms with Gasteiger partial charge in [0, 0.05) is 23.9 Å². The number of ether oxygens (including phenoxy) is 1. The van der Waals surface area contributed by atoms with E-state index in [-0.39, 0.29) is 24.2 Å². The van der Waals surface area contributed by atoms with E-state index >= 15 is 0 Å². The maximum absolute atomic E-state index is 12.6. The normalized spacial score (nSPS) is 17.2. The van der Waals surface area contributed by atoms with Crippen molar-refractivity contribution >= 4 is 17.5 Å². The van der Waals surface area contributed by atoms with Crippen molar-refractivity contribution in [2.24, 2.45) is 0 Å². The van der Waals surface area contributed by atoms with E-state index in [9.17, 15) is 35.9 Å². The Morgan fingerprint density at radius 1 is 1.03 bits per heavy atom. The van der Waals surface area contributed by atoms with Crippen LogP contribution in [0.25, 0.3) is 0 Å². The quantitative estimate of drug-likeness (QED) is 0.739. The van der Waals surface area contributed by atoms with Crippen molar-refractivity contribution in [3.05, 3.63) is 59.7 Å². The van der Waals surface area contributed by atoms with Gasteiger partial charge in [-0.2, -0.15) is 13.2 Å². The van der Waals surface area contributed by atoms with Crippen LogP contribution in [0.5, 0.6) is 5.75 Å². The molecular formula is C19H14F6N2O3. The molecule has 1 saturated heterocycles. The van der Waals surface area contributed by atoms with E-state index in [1.54, 1.807) is 0 Å². The Kier molecular flexibility index (Phi) is 5.64. The van der Waals surface area contributed by atoms with Crippen molar-refractivity contribution in [3.8, 4) is 5.75 Å². The third-order valence-electron chi connectivity index (χ3n) is 4.35. The Hall–Kier alpha value is -3.24. The van der Waals surface area contributed by atoms with Crippen molar-refractivity contribution in [3.63, 3.8) is 0 Å². The standard InChI is InChI=1S/C19H14F6N2O3/c20-18(21,22)12-6-4-11(5-7-12)16(28)26-15-8-9-27(17(15)29)13-2-1-3-14(10-13)30-19(23,24)25/h1-7,10,15H,8-9H2,(H,26,28). The Labute approximate surface area is 166 Å². The van der Waals surface area contributed by atoms with Crippen molar-refractivity contribution in [2.45, 2.75) is 25.0 Å². The second-order valence-electron chi connectivity index (χ2n) is 6.42. The number of halogens is 6. The van der Waals surface area contributed by atoms with E-state index in [0.29, 0.717) is 0 Å². The molecule has 1 heterocycles. The van der Waals surface area contributed by atoms with Gasteiger partial charge in [0.15, 0.2) is 0 Å². The van der Waals surface area contributed by atoms with Gasteiger partial charge in [0.2, 0.25) is 5.91 Å². The second-order valence-corrected chi connectivity index (χ2v) is 6.42. The van der Waals surface area contributed by atoms with Crippen LogP contribution in [0.2, 0.25) is 0 Å². The van der Waals surface area contributed by atoms with Gasteiger partial charge >= 0.3 is 12.5 Å². The first-order valence-corrected chi connectivity index (χ1v) is 8.59. The maximum atomic E-state index is 12.6. The van der Waals surface area contributed by atoms with Crippen LogP contribution in [-0.4, -0.2) is 30.8 Å². The number of rotatable bonds is 4. The van der Waals surface area contributed by atoms with Gasteiger partial charge in [0.1, 0.15) is 11.8 Å². The van der Waals surface area contributed by atoms with Crippen LogP contribution in [-0.2, 0) is 11.0 Å². The number of anilines is 1. The molecule has 1 unspecified atom stereocenters. The fourth-order valence-corrected chi connectivity index (χ4v) is 2.97. The minimum atomic E-state index is -4.88. The topological polar surface area (TPSA) is 58.6 Å². The van der Waals surface area contributed by atoms with Gasteiger partial charge in [0.05, 0.1) is 5.56 Å². The first kappa shape index (κ1) is 21.5. The monoisotopic (exact) mass is 432 g/mol.